The third-order valence-electron chi connectivity index (χ3n) is 4.14. The monoisotopic (exact) mass is 325 g/mol. The van der Waals surface area contributed by atoms with Gasteiger partial charge in [0.25, 0.3) is 0 Å². The minimum Gasteiger partial charge on any atom is -0.388 e. The van der Waals surface area contributed by atoms with Gasteiger partial charge in [-0.05, 0) is 43.4 Å². The van der Waals surface area contributed by atoms with Crippen LogP contribution in [0.2, 0.25) is 0 Å². The highest BCUT2D eigenvalue weighted by Crippen LogP contribution is 2.28. The van der Waals surface area contributed by atoms with E-state index in [1.54, 1.807) is 0 Å². The molecular formula is C16H24BrNO. The van der Waals surface area contributed by atoms with Crippen LogP contribution in [-0.4, -0.2) is 29.1 Å². The zero-order chi connectivity index (χ0) is 13.8. The lowest BCUT2D eigenvalue weighted by Crippen LogP contribution is -2.34. The van der Waals surface area contributed by atoms with E-state index in [1.807, 2.05) is 24.3 Å². The van der Waals surface area contributed by atoms with Gasteiger partial charge in [0.15, 0.2) is 0 Å². The molecule has 106 valence electrons. The van der Waals surface area contributed by atoms with Gasteiger partial charge < -0.3 is 10.0 Å². The standard InChI is InChI=1S/C16H24BrNO/c1-12(2)15-8-5-10-18(15)11-9-16(19)13-6-3-4-7-14(13)17/h3-4,6-7,12,15-16,19H,5,8-11H2,1-2H3. The van der Waals surface area contributed by atoms with Crippen molar-refractivity contribution in [3.05, 3.63) is 34.3 Å². The number of nitrogens with zero attached hydrogens (tertiary/aromatic N) is 1. The molecule has 1 heterocycles. The summed E-state index contributed by atoms with van der Waals surface area (Å²) in [5.41, 5.74) is 1.00. The maximum absolute atomic E-state index is 10.3. The molecule has 1 aromatic rings. The van der Waals surface area contributed by atoms with Gasteiger partial charge in [-0.15, -0.1) is 0 Å². The molecule has 1 fully saturated rings. The van der Waals surface area contributed by atoms with Gasteiger partial charge in [0.1, 0.15) is 0 Å². The fraction of sp³-hybridized carbons (Fsp3) is 0.625. The van der Waals surface area contributed by atoms with Crippen molar-refractivity contribution in [2.75, 3.05) is 13.1 Å². The molecule has 2 atom stereocenters. The molecule has 1 aliphatic heterocycles. The maximum atomic E-state index is 10.3. The summed E-state index contributed by atoms with van der Waals surface area (Å²) >= 11 is 3.51. The quantitative estimate of drug-likeness (QED) is 0.884. The first-order chi connectivity index (χ1) is 9.09. The Morgan fingerprint density at radius 1 is 1.37 bits per heavy atom. The Hall–Kier alpha value is -0.380. The molecule has 1 aromatic carbocycles. The topological polar surface area (TPSA) is 23.5 Å². The Kier molecular flexibility index (Phi) is 5.43. The minimum absolute atomic E-state index is 0.371. The second-order valence-corrected chi connectivity index (χ2v) is 6.67. The third-order valence-corrected chi connectivity index (χ3v) is 4.86. The van der Waals surface area contributed by atoms with Gasteiger partial charge in [0.2, 0.25) is 0 Å². The predicted octanol–water partition coefficient (Wildman–Crippen LogP) is 3.99. The van der Waals surface area contributed by atoms with Crippen LogP contribution in [0.5, 0.6) is 0 Å². The Balaban J connectivity index is 1.90. The molecular weight excluding hydrogens is 302 g/mol. The number of likely N-dealkylation sites (tertiary alicyclic amines) is 1. The Bertz CT molecular complexity index is 407. The molecule has 1 saturated heterocycles. The van der Waals surface area contributed by atoms with Crippen LogP contribution in [0, 0.1) is 5.92 Å². The number of hydrogen-bond acceptors (Lipinski definition) is 2. The average molecular weight is 326 g/mol. The summed E-state index contributed by atoms with van der Waals surface area (Å²) in [5.74, 6) is 0.711. The molecule has 2 unspecified atom stereocenters. The molecule has 19 heavy (non-hydrogen) atoms. The number of benzene rings is 1. The van der Waals surface area contributed by atoms with E-state index in [9.17, 15) is 5.11 Å². The molecule has 1 aliphatic rings. The summed E-state index contributed by atoms with van der Waals surface area (Å²) in [6.07, 6.45) is 3.05. The van der Waals surface area contributed by atoms with Gasteiger partial charge in [-0.25, -0.2) is 0 Å². The Morgan fingerprint density at radius 2 is 2.11 bits per heavy atom. The summed E-state index contributed by atoms with van der Waals surface area (Å²) < 4.78 is 1.00. The highest BCUT2D eigenvalue weighted by atomic mass is 79.9. The van der Waals surface area contributed by atoms with Gasteiger partial charge in [-0.1, -0.05) is 48.0 Å². The van der Waals surface area contributed by atoms with Crippen molar-refractivity contribution in [2.45, 2.75) is 45.3 Å². The molecule has 0 radical (unpaired) electrons. The van der Waals surface area contributed by atoms with Crippen molar-refractivity contribution in [3.8, 4) is 0 Å². The third kappa shape index (κ3) is 3.80. The van der Waals surface area contributed by atoms with Crippen LogP contribution in [0.1, 0.15) is 44.8 Å². The molecule has 3 heteroatoms. The van der Waals surface area contributed by atoms with Gasteiger partial charge >= 0.3 is 0 Å². The summed E-state index contributed by atoms with van der Waals surface area (Å²) in [5, 5.41) is 10.3. The number of rotatable bonds is 5. The first-order valence-electron chi connectivity index (χ1n) is 7.26. The van der Waals surface area contributed by atoms with E-state index in [-0.39, 0.29) is 6.10 Å². The van der Waals surface area contributed by atoms with Crippen LogP contribution in [0.4, 0.5) is 0 Å². The van der Waals surface area contributed by atoms with Crippen molar-refractivity contribution in [1.29, 1.82) is 0 Å². The fourth-order valence-corrected chi connectivity index (χ4v) is 3.62. The van der Waals surface area contributed by atoms with Crippen molar-refractivity contribution in [3.63, 3.8) is 0 Å². The van der Waals surface area contributed by atoms with E-state index in [4.69, 9.17) is 0 Å². The minimum atomic E-state index is -0.371. The zero-order valence-electron chi connectivity index (χ0n) is 11.8. The van der Waals surface area contributed by atoms with Crippen molar-refractivity contribution >= 4 is 15.9 Å². The van der Waals surface area contributed by atoms with Crippen LogP contribution in [0.25, 0.3) is 0 Å². The second kappa shape index (κ2) is 6.87. The number of halogens is 1. The number of aliphatic hydroxyl groups excluding tert-OH is 1. The van der Waals surface area contributed by atoms with E-state index in [1.165, 1.54) is 19.4 Å². The van der Waals surface area contributed by atoms with Gasteiger partial charge in [0, 0.05) is 17.1 Å². The summed E-state index contributed by atoms with van der Waals surface area (Å²) in [4.78, 5) is 2.55. The van der Waals surface area contributed by atoms with Crippen LogP contribution >= 0.6 is 15.9 Å². The van der Waals surface area contributed by atoms with E-state index in [0.717, 1.165) is 23.0 Å². The molecule has 0 aliphatic carbocycles. The number of aliphatic hydroxyl groups is 1. The first kappa shape index (κ1) is 15.0. The van der Waals surface area contributed by atoms with Crippen molar-refractivity contribution < 1.29 is 5.11 Å². The molecule has 0 saturated carbocycles. The molecule has 0 amide bonds. The van der Waals surface area contributed by atoms with Gasteiger partial charge in [-0.2, -0.15) is 0 Å². The van der Waals surface area contributed by atoms with E-state index in [2.05, 4.69) is 34.7 Å². The highest BCUT2D eigenvalue weighted by Gasteiger charge is 2.27. The van der Waals surface area contributed by atoms with E-state index in [0.29, 0.717) is 12.0 Å². The van der Waals surface area contributed by atoms with Crippen molar-refractivity contribution in [2.24, 2.45) is 5.92 Å². The lowest BCUT2D eigenvalue weighted by molar-refractivity contribution is 0.127. The SMILES string of the molecule is CC(C)C1CCCN1CCC(O)c1ccccc1Br. The fourth-order valence-electron chi connectivity index (χ4n) is 3.07. The van der Waals surface area contributed by atoms with E-state index < -0.39 is 0 Å². The molecule has 0 bridgehead atoms. The predicted molar refractivity (Wildman–Crippen MR) is 83.2 cm³/mol. The van der Waals surface area contributed by atoms with Crippen LogP contribution in [0.3, 0.4) is 0 Å². The second-order valence-electron chi connectivity index (χ2n) is 5.82. The van der Waals surface area contributed by atoms with Gasteiger partial charge in [-0.3, -0.25) is 0 Å². The lowest BCUT2D eigenvalue weighted by Gasteiger charge is -2.28. The van der Waals surface area contributed by atoms with Crippen LogP contribution < -0.4 is 0 Å². The van der Waals surface area contributed by atoms with Crippen molar-refractivity contribution in [1.82, 2.24) is 4.90 Å². The Labute approximate surface area is 124 Å². The number of hydrogen-bond donors (Lipinski definition) is 1. The lowest BCUT2D eigenvalue weighted by atomic mass is 10.0. The van der Waals surface area contributed by atoms with Crippen LogP contribution in [0.15, 0.2) is 28.7 Å². The summed E-state index contributed by atoms with van der Waals surface area (Å²) in [6.45, 7) is 6.78. The molecule has 0 aromatic heterocycles. The Morgan fingerprint density at radius 3 is 2.79 bits per heavy atom. The largest absolute Gasteiger partial charge is 0.388 e. The van der Waals surface area contributed by atoms with Gasteiger partial charge in [0.05, 0.1) is 6.10 Å². The normalized spacial score (nSPS) is 22.1. The van der Waals surface area contributed by atoms with E-state index >= 15 is 0 Å². The summed E-state index contributed by atoms with van der Waals surface area (Å²) in [7, 11) is 0. The molecule has 2 rings (SSSR count). The highest BCUT2D eigenvalue weighted by molar-refractivity contribution is 9.10. The molecule has 2 nitrogen and oxygen atoms in total. The molecule has 0 spiro atoms. The van der Waals surface area contributed by atoms with Crippen LogP contribution in [-0.2, 0) is 0 Å². The zero-order valence-corrected chi connectivity index (χ0v) is 13.4. The molecule has 1 N–H and O–H groups in total. The average Bonchev–Trinajstić information content (AvgIpc) is 2.85. The smallest absolute Gasteiger partial charge is 0.0813 e. The maximum Gasteiger partial charge on any atom is 0.0813 e. The summed E-state index contributed by atoms with van der Waals surface area (Å²) in [6, 6.07) is 8.65. The first-order valence-corrected chi connectivity index (χ1v) is 8.05.